The Morgan fingerprint density at radius 1 is 1.05 bits per heavy atom. The number of rotatable bonds is 4. The fourth-order valence-corrected chi connectivity index (χ4v) is 2.16. The van der Waals surface area contributed by atoms with Gasteiger partial charge in [-0.25, -0.2) is 0 Å². The highest BCUT2D eigenvalue weighted by Gasteiger charge is 2.04. The van der Waals surface area contributed by atoms with E-state index in [1.165, 1.54) is 0 Å². The lowest BCUT2D eigenvalue weighted by Gasteiger charge is -2.15. The van der Waals surface area contributed by atoms with Gasteiger partial charge in [0.1, 0.15) is 0 Å². The molecule has 0 bridgehead atoms. The van der Waals surface area contributed by atoms with Gasteiger partial charge in [0.05, 0.1) is 10.0 Å². The van der Waals surface area contributed by atoms with Crippen molar-refractivity contribution < 1.29 is 0 Å². The topological polar surface area (TPSA) is 15.3 Å². The molecule has 0 aromatic heterocycles. The van der Waals surface area contributed by atoms with Crippen LogP contribution in [0.25, 0.3) is 0 Å². The lowest BCUT2D eigenvalue weighted by molar-refractivity contribution is 1.12. The van der Waals surface area contributed by atoms with E-state index in [2.05, 4.69) is 22.3 Å². The lowest BCUT2D eigenvalue weighted by atomic mass is 10.2. The molecule has 4 heteroatoms. The molecule has 0 atom stereocenters. The van der Waals surface area contributed by atoms with Gasteiger partial charge in [0.2, 0.25) is 0 Å². The van der Waals surface area contributed by atoms with Crippen LogP contribution in [-0.4, -0.2) is 14.1 Å². The van der Waals surface area contributed by atoms with Crippen LogP contribution in [0.3, 0.4) is 0 Å². The molecule has 2 nitrogen and oxygen atoms in total. The molecule has 0 radical (unpaired) electrons. The van der Waals surface area contributed by atoms with E-state index in [0.29, 0.717) is 16.6 Å². The molecule has 0 aliphatic rings. The minimum absolute atomic E-state index is 0.586. The van der Waals surface area contributed by atoms with Gasteiger partial charge in [-0.1, -0.05) is 41.4 Å². The van der Waals surface area contributed by atoms with Crippen LogP contribution in [-0.2, 0) is 6.54 Å². The van der Waals surface area contributed by atoms with Crippen molar-refractivity contribution in [3.8, 4) is 0 Å². The van der Waals surface area contributed by atoms with E-state index in [-0.39, 0.29) is 0 Å². The molecular formula is C15H16Cl2N2. The largest absolute Gasteiger partial charge is 0.381 e. The highest BCUT2D eigenvalue weighted by molar-refractivity contribution is 6.42. The Kier molecular flexibility index (Phi) is 4.56. The second-order valence-corrected chi connectivity index (χ2v) is 5.30. The third kappa shape index (κ3) is 3.55. The van der Waals surface area contributed by atoms with Crippen molar-refractivity contribution in [2.75, 3.05) is 24.3 Å². The molecule has 0 fully saturated rings. The smallest absolute Gasteiger partial charge is 0.0642 e. The van der Waals surface area contributed by atoms with Crippen LogP contribution in [0.4, 0.5) is 11.4 Å². The van der Waals surface area contributed by atoms with Crippen LogP contribution in [0.15, 0.2) is 42.5 Å². The minimum atomic E-state index is 0.586. The fourth-order valence-electron chi connectivity index (χ4n) is 1.78. The summed E-state index contributed by atoms with van der Waals surface area (Å²) in [6.07, 6.45) is 0. The summed E-state index contributed by atoms with van der Waals surface area (Å²) in [6.45, 7) is 0.649. The van der Waals surface area contributed by atoms with Crippen LogP contribution in [0.5, 0.6) is 0 Å². The first kappa shape index (κ1) is 14.0. The van der Waals surface area contributed by atoms with Crippen LogP contribution in [0.2, 0.25) is 10.0 Å². The number of halogens is 2. The van der Waals surface area contributed by atoms with Crippen molar-refractivity contribution in [2.45, 2.75) is 6.54 Å². The number of hydrogen-bond donors (Lipinski definition) is 1. The molecule has 0 aliphatic heterocycles. The van der Waals surface area contributed by atoms with E-state index in [0.717, 1.165) is 16.9 Å². The first-order valence-electron chi connectivity index (χ1n) is 6.02. The second kappa shape index (κ2) is 6.18. The Morgan fingerprint density at radius 2 is 1.79 bits per heavy atom. The number of nitrogens with zero attached hydrogens (tertiary/aromatic N) is 1. The summed E-state index contributed by atoms with van der Waals surface area (Å²) < 4.78 is 0. The van der Waals surface area contributed by atoms with E-state index < -0.39 is 0 Å². The van der Waals surface area contributed by atoms with Crippen LogP contribution >= 0.6 is 23.2 Å². The standard InChI is InChI=1S/C15H16Cl2N2/c1-19(2)13-7-4-6-12(9-13)18-10-11-5-3-8-14(16)15(11)17/h3-9,18H,10H2,1-2H3. The molecule has 0 unspecified atom stereocenters. The molecule has 2 rings (SSSR count). The van der Waals surface area contributed by atoms with Crippen LogP contribution in [0.1, 0.15) is 5.56 Å². The number of anilines is 2. The summed E-state index contributed by atoms with van der Waals surface area (Å²) >= 11 is 12.2. The Bertz CT molecular complexity index is 568. The van der Waals surface area contributed by atoms with Crippen molar-refractivity contribution in [1.29, 1.82) is 0 Å². The van der Waals surface area contributed by atoms with Crippen molar-refractivity contribution >= 4 is 34.6 Å². The first-order chi connectivity index (χ1) is 9.08. The van der Waals surface area contributed by atoms with Gasteiger partial charge in [0.25, 0.3) is 0 Å². The van der Waals surface area contributed by atoms with E-state index >= 15 is 0 Å². The Hall–Kier alpha value is -1.38. The van der Waals surface area contributed by atoms with E-state index in [4.69, 9.17) is 23.2 Å². The van der Waals surface area contributed by atoms with Gasteiger partial charge >= 0.3 is 0 Å². The van der Waals surface area contributed by atoms with E-state index in [1.54, 1.807) is 6.07 Å². The molecule has 2 aromatic carbocycles. The molecule has 0 spiro atoms. The van der Waals surface area contributed by atoms with Crippen LogP contribution < -0.4 is 10.2 Å². The summed E-state index contributed by atoms with van der Waals surface area (Å²) in [5, 5.41) is 4.55. The fraction of sp³-hybridized carbons (Fsp3) is 0.200. The maximum Gasteiger partial charge on any atom is 0.0642 e. The lowest BCUT2D eigenvalue weighted by Crippen LogP contribution is -2.09. The number of nitrogens with one attached hydrogen (secondary N) is 1. The zero-order valence-corrected chi connectivity index (χ0v) is 12.5. The molecule has 1 N–H and O–H groups in total. The Labute approximate surface area is 123 Å². The molecule has 0 amide bonds. The average molecular weight is 295 g/mol. The SMILES string of the molecule is CN(C)c1cccc(NCc2cccc(Cl)c2Cl)c1. The first-order valence-corrected chi connectivity index (χ1v) is 6.77. The Balaban J connectivity index is 2.10. The number of benzene rings is 2. The van der Waals surface area contributed by atoms with E-state index in [1.807, 2.05) is 38.4 Å². The minimum Gasteiger partial charge on any atom is -0.381 e. The van der Waals surface area contributed by atoms with Gasteiger partial charge in [-0.15, -0.1) is 0 Å². The zero-order valence-electron chi connectivity index (χ0n) is 11.0. The van der Waals surface area contributed by atoms with Gasteiger partial charge in [0, 0.05) is 32.0 Å². The van der Waals surface area contributed by atoms with Crippen molar-refractivity contribution in [2.24, 2.45) is 0 Å². The second-order valence-electron chi connectivity index (χ2n) is 4.51. The number of hydrogen-bond acceptors (Lipinski definition) is 2. The normalized spacial score (nSPS) is 10.3. The maximum atomic E-state index is 6.16. The van der Waals surface area contributed by atoms with Crippen molar-refractivity contribution in [3.05, 3.63) is 58.1 Å². The summed E-state index contributed by atoms with van der Waals surface area (Å²) in [5.41, 5.74) is 3.20. The predicted octanol–water partition coefficient (Wildman–Crippen LogP) is 4.67. The monoisotopic (exact) mass is 294 g/mol. The summed E-state index contributed by atoms with van der Waals surface area (Å²) in [4.78, 5) is 2.07. The average Bonchev–Trinajstić information content (AvgIpc) is 2.41. The molecule has 2 aromatic rings. The van der Waals surface area contributed by atoms with Gasteiger partial charge in [-0.3, -0.25) is 0 Å². The third-order valence-electron chi connectivity index (χ3n) is 2.88. The maximum absolute atomic E-state index is 6.16. The predicted molar refractivity (Wildman–Crippen MR) is 84.6 cm³/mol. The highest BCUT2D eigenvalue weighted by Crippen LogP contribution is 2.26. The van der Waals surface area contributed by atoms with Crippen molar-refractivity contribution in [1.82, 2.24) is 0 Å². The summed E-state index contributed by atoms with van der Waals surface area (Å²) in [7, 11) is 4.04. The zero-order chi connectivity index (χ0) is 13.8. The van der Waals surface area contributed by atoms with Crippen molar-refractivity contribution in [3.63, 3.8) is 0 Å². The molecule has 0 saturated heterocycles. The third-order valence-corrected chi connectivity index (χ3v) is 3.74. The van der Waals surface area contributed by atoms with Crippen LogP contribution in [0, 0.1) is 0 Å². The Morgan fingerprint density at radius 3 is 2.53 bits per heavy atom. The molecule has 0 heterocycles. The molecular weight excluding hydrogens is 279 g/mol. The van der Waals surface area contributed by atoms with Gasteiger partial charge < -0.3 is 10.2 Å². The van der Waals surface area contributed by atoms with Gasteiger partial charge in [0.15, 0.2) is 0 Å². The summed E-state index contributed by atoms with van der Waals surface area (Å²) in [6, 6.07) is 13.9. The molecule has 100 valence electrons. The van der Waals surface area contributed by atoms with Gasteiger partial charge in [-0.05, 0) is 29.8 Å². The molecule has 0 saturated carbocycles. The van der Waals surface area contributed by atoms with E-state index in [9.17, 15) is 0 Å². The van der Waals surface area contributed by atoms with Gasteiger partial charge in [-0.2, -0.15) is 0 Å². The quantitative estimate of drug-likeness (QED) is 0.881. The molecule has 0 aliphatic carbocycles. The molecule has 19 heavy (non-hydrogen) atoms. The summed E-state index contributed by atoms with van der Waals surface area (Å²) in [5.74, 6) is 0. The highest BCUT2D eigenvalue weighted by atomic mass is 35.5.